The van der Waals surface area contributed by atoms with Crippen LogP contribution >= 0.6 is 0 Å². The van der Waals surface area contributed by atoms with Crippen LogP contribution in [0.2, 0.25) is 0 Å². The molecule has 0 aliphatic rings. The number of aryl methyl sites for hydroxylation is 1. The van der Waals surface area contributed by atoms with Crippen molar-refractivity contribution in [2.24, 2.45) is 10.2 Å². The summed E-state index contributed by atoms with van der Waals surface area (Å²) in [5.74, 6) is 0. The largest absolute Gasteiger partial charge is 0.399 e. The summed E-state index contributed by atoms with van der Waals surface area (Å²) in [6.07, 6.45) is 0. The van der Waals surface area contributed by atoms with Gasteiger partial charge in [-0.25, -0.2) is 0 Å². The highest BCUT2D eigenvalue weighted by Crippen LogP contribution is 2.33. The second kappa shape index (κ2) is 5.95. The third-order valence-corrected chi connectivity index (χ3v) is 2.85. The van der Waals surface area contributed by atoms with Gasteiger partial charge in [0, 0.05) is 11.8 Å². The van der Waals surface area contributed by atoms with Gasteiger partial charge in [0.25, 0.3) is 5.69 Å². The number of hydrogen-bond acceptors (Lipinski definition) is 7. The normalized spacial score (nSPS) is 10.8. The van der Waals surface area contributed by atoms with Gasteiger partial charge < -0.3 is 5.73 Å². The molecule has 0 radical (unpaired) electrons. The van der Waals surface area contributed by atoms with E-state index < -0.39 is 15.5 Å². The Hall–Kier alpha value is -3.36. The monoisotopic (exact) mass is 301 g/mol. The molecule has 0 bridgehead atoms. The molecule has 0 heterocycles. The van der Waals surface area contributed by atoms with Crippen molar-refractivity contribution in [2.75, 3.05) is 5.73 Å². The molecule has 0 saturated carbocycles. The fraction of sp³-hybridized carbons (Fsp3) is 0.0769. The summed E-state index contributed by atoms with van der Waals surface area (Å²) in [5.41, 5.74) is 6.52. The van der Waals surface area contributed by atoms with Crippen molar-refractivity contribution in [1.29, 1.82) is 0 Å². The molecule has 0 spiro atoms. The van der Waals surface area contributed by atoms with Gasteiger partial charge in [-0.05, 0) is 36.8 Å². The summed E-state index contributed by atoms with van der Waals surface area (Å²) < 4.78 is 0. The SMILES string of the molecule is Cc1cc(N)ccc1N=Nc1ccc([N+](=O)[O-])cc1[N+](=O)[O-]. The number of non-ortho nitro benzene ring substituents is 1. The minimum Gasteiger partial charge on any atom is -0.399 e. The molecule has 22 heavy (non-hydrogen) atoms. The summed E-state index contributed by atoms with van der Waals surface area (Å²) >= 11 is 0. The molecule has 0 saturated heterocycles. The summed E-state index contributed by atoms with van der Waals surface area (Å²) in [4.78, 5) is 20.2. The molecule has 2 N–H and O–H groups in total. The molecule has 9 heteroatoms. The van der Waals surface area contributed by atoms with Gasteiger partial charge in [-0.1, -0.05) is 0 Å². The van der Waals surface area contributed by atoms with Gasteiger partial charge in [-0.15, -0.1) is 5.11 Å². The summed E-state index contributed by atoms with van der Waals surface area (Å²) in [5, 5.41) is 29.4. The summed E-state index contributed by atoms with van der Waals surface area (Å²) in [7, 11) is 0. The first-order valence-electron chi connectivity index (χ1n) is 6.09. The topological polar surface area (TPSA) is 137 Å². The van der Waals surface area contributed by atoms with Crippen LogP contribution in [-0.2, 0) is 0 Å². The Labute approximate surface area is 124 Å². The number of nitro benzene ring substituents is 2. The van der Waals surface area contributed by atoms with E-state index in [0.717, 1.165) is 17.7 Å². The second-order valence-electron chi connectivity index (χ2n) is 4.43. The van der Waals surface area contributed by atoms with Crippen molar-refractivity contribution in [1.82, 2.24) is 0 Å². The van der Waals surface area contributed by atoms with Gasteiger partial charge >= 0.3 is 5.69 Å². The molecule has 0 fully saturated rings. The molecule has 0 atom stereocenters. The maximum absolute atomic E-state index is 11.0. The number of benzene rings is 2. The van der Waals surface area contributed by atoms with E-state index in [1.54, 1.807) is 25.1 Å². The van der Waals surface area contributed by atoms with E-state index in [2.05, 4.69) is 10.2 Å². The van der Waals surface area contributed by atoms with Crippen LogP contribution in [0, 0.1) is 27.2 Å². The Morgan fingerprint density at radius 2 is 1.59 bits per heavy atom. The molecular formula is C13H11N5O4. The Morgan fingerprint density at radius 1 is 0.955 bits per heavy atom. The molecule has 2 aromatic rings. The van der Waals surface area contributed by atoms with Crippen LogP contribution in [0.25, 0.3) is 0 Å². The first-order valence-corrected chi connectivity index (χ1v) is 6.09. The van der Waals surface area contributed by atoms with Crippen molar-refractivity contribution in [2.45, 2.75) is 6.92 Å². The molecule has 2 rings (SSSR count). The fourth-order valence-electron chi connectivity index (χ4n) is 1.75. The van der Waals surface area contributed by atoms with E-state index in [1.165, 1.54) is 6.07 Å². The number of nitrogen functional groups attached to an aromatic ring is 1. The number of nitro groups is 2. The van der Waals surface area contributed by atoms with Crippen molar-refractivity contribution in [3.05, 3.63) is 62.2 Å². The van der Waals surface area contributed by atoms with Crippen molar-refractivity contribution < 1.29 is 9.85 Å². The zero-order valence-electron chi connectivity index (χ0n) is 11.5. The number of azo groups is 1. The van der Waals surface area contributed by atoms with E-state index in [4.69, 9.17) is 5.73 Å². The predicted octanol–water partition coefficient (Wildman–Crippen LogP) is 3.81. The van der Waals surface area contributed by atoms with Crippen LogP contribution in [0.5, 0.6) is 0 Å². The minimum absolute atomic E-state index is 0.0631. The molecule has 0 aliphatic heterocycles. The zero-order valence-corrected chi connectivity index (χ0v) is 11.5. The molecule has 0 aliphatic carbocycles. The standard InChI is InChI=1S/C13H11N5O4/c1-8-6-9(14)2-4-11(8)15-16-12-5-3-10(17(19)20)7-13(12)18(21)22/h2-7H,14H2,1H3. The quantitative estimate of drug-likeness (QED) is 0.396. The average molecular weight is 301 g/mol. The van der Waals surface area contributed by atoms with Gasteiger partial charge in [0.15, 0.2) is 5.69 Å². The number of hydrogen-bond donors (Lipinski definition) is 1. The highest BCUT2D eigenvalue weighted by molar-refractivity contribution is 5.62. The number of nitrogens with zero attached hydrogens (tertiary/aromatic N) is 4. The lowest BCUT2D eigenvalue weighted by molar-refractivity contribution is -0.393. The third kappa shape index (κ3) is 3.20. The van der Waals surface area contributed by atoms with Gasteiger partial charge in [-0.3, -0.25) is 20.2 Å². The Bertz CT molecular complexity index is 788. The first-order chi connectivity index (χ1) is 10.4. The van der Waals surface area contributed by atoms with Crippen LogP contribution < -0.4 is 5.73 Å². The van der Waals surface area contributed by atoms with Crippen LogP contribution in [-0.4, -0.2) is 9.85 Å². The van der Waals surface area contributed by atoms with Crippen LogP contribution in [0.4, 0.5) is 28.4 Å². The van der Waals surface area contributed by atoms with Crippen LogP contribution in [0.15, 0.2) is 46.6 Å². The number of anilines is 1. The maximum Gasteiger partial charge on any atom is 0.303 e. The highest BCUT2D eigenvalue weighted by Gasteiger charge is 2.19. The zero-order chi connectivity index (χ0) is 16.3. The molecule has 2 aromatic carbocycles. The van der Waals surface area contributed by atoms with Crippen molar-refractivity contribution in [3.63, 3.8) is 0 Å². The van der Waals surface area contributed by atoms with Gasteiger partial charge in [0.05, 0.1) is 21.6 Å². The van der Waals surface area contributed by atoms with E-state index in [9.17, 15) is 20.2 Å². The average Bonchev–Trinajstić information content (AvgIpc) is 2.46. The third-order valence-electron chi connectivity index (χ3n) is 2.85. The molecular weight excluding hydrogens is 290 g/mol. The summed E-state index contributed by atoms with van der Waals surface area (Å²) in [6, 6.07) is 8.13. The molecule has 9 nitrogen and oxygen atoms in total. The molecule has 0 amide bonds. The van der Waals surface area contributed by atoms with Gasteiger partial charge in [0.2, 0.25) is 0 Å². The van der Waals surface area contributed by atoms with Crippen molar-refractivity contribution >= 4 is 28.4 Å². The first kappa shape index (κ1) is 15.0. The van der Waals surface area contributed by atoms with E-state index in [0.29, 0.717) is 11.4 Å². The molecule has 112 valence electrons. The lowest BCUT2D eigenvalue weighted by atomic mass is 10.2. The number of rotatable bonds is 4. The van der Waals surface area contributed by atoms with Gasteiger partial charge in [0.1, 0.15) is 0 Å². The van der Waals surface area contributed by atoms with E-state index >= 15 is 0 Å². The predicted molar refractivity (Wildman–Crippen MR) is 79.5 cm³/mol. The smallest absolute Gasteiger partial charge is 0.303 e. The fourth-order valence-corrected chi connectivity index (χ4v) is 1.75. The van der Waals surface area contributed by atoms with Crippen molar-refractivity contribution in [3.8, 4) is 0 Å². The van der Waals surface area contributed by atoms with Crippen LogP contribution in [0.1, 0.15) is 5.56 Å². The highest BCUT2D eigenvalue weighted by atomic mass is 16.6. The van der Waals surface area contributed by atoms with Gasteiger partial charge in [-0.2, -0.15) is 5.11 Å². The van der Waals surface area contributed by atoms with Crippen LogP contribution in [0.3, 0.4) is 0 Å². The lowest BCUT2D eigenvalue weighted by Crippen LogP contribution is -1.92. The second-order valence-corrected chi connectivity index (χ2v) is 4.43. The number of nitrogens with two attached hydrogens (primary N) is 1. The van der Waals surface area contributed by atoms with E-state index in [1.807, 2.05) is 0 Å². The van der Waals surface area contributed by atoms with E-state index in [-0.39, 0.29) is 11.4 Å². The Balaban J connectivity index is 2.42. The minimum atomic E-state index is -0.739. The molecule has 0 aromatic heterocycles. The lowest BCUT2D eigenvalue weighted by Gasteiger charge is -2.00. The molecule has 0 unspecified atom stereocenters. The summed E-state index contributed by atoms with van der Waals surface area (Å²) in [6.45, 7) is 1.77. The Morgan fingerprint density at radius 3 is 2.18 bits per heavy atom. The maximum atomic E-state index is 11.0. The Kier molecular flexibility index (Phi) is 4.07.